The maximum absolute atomic E-state index is 12.1. The van der Waals surface area contributed by atoms with Crippen molar-refractivity contribution < 1.29 is 9.53 Å². The number of thioether (sulfide) groups is 2. The van der Waals surface area contributed by atoms with E-state index in [0.717, 1.165) is 32.2 Å². The normalized spacial score (nSPS) is 10.7. The molecule has 1 aromatic heterocycles. The topological polar surface area (TPSA) is 52.1 Å². The molecule has 0 saturated carbocycles. The van der Waals surface area contributed by atoms with Crippen LogP contribution in [0.5, 0.6) is 5.75 Å². The number of aromatic nitrogens is 2. The van der Waals surface area contributed by atoms with Gasteiger partial charge < -0.3 is 4.74 Å². The largest absolute Gasteiger partial charge is 0.497 e. The molecule has 0 spiro atoms. The monoisotopic (exact) mass is 402 g/mol. The van der Waals surface area contributed by atoms with Gasteiger partial charge in [-0.25, -0.2) is 0 Å². The summed E-state index contributed by atoms with van der Waals surface area (Å²) in [6, 6.07) is 17.4. The van der Waals surface area contributed by atoms with Gasteiger partial charge in [-0.05, 0) is 24.1 Å². The van der Waals surface area contributed by atoms with Crippen molar-refractivity contribution in [3.8, 4) is 5.75 Å². The lowest BCUT2D eigenvalue weighted by Crippen LogP contribution is -2.01. The van der Waals surface area contributed by atoms with Crippen molar-refractivity contribution in [3.63, 3.8) is 0 Å². The molecule has 0 aliphatic heterocycles. The summed E-state index contributed by atoms with van der Waals surface area (Å²) >= 11 is 4.68. The van der Waals surface area contributed by atoms with E-state index in [1.54, 1.807) is 30.2 Å². The lowest BCUT2D eigenvalue weighted by Gasteiger charge is -2.02. The van der Waals surface area contributed by atoms with Crippen LogP contribution in [0.4, 0.5) is 0 Å². The second-order valence-corrected chi connectivity index (χ2v) is 8.90. The van der Waals surface area contributed by atoms with Crippen LogP contribution in [-0.4, -0.2) is 34.6 Å². The Labute approximate surface area is 165 Å². The Morgan fingerprint density at radius 1 is 1.00 bits per heavy atom. The first kappa shape index (κ1) is 18.9. The van der Waals surface area contributed by atoms with E-state index in [1.807, 2.05) is 42.5 Å². The molecule has 0 aliphatic carbocycles. The van der Waals surface area contributed by atoms with Gasteiger partial charge in [0.05, 0.1) is 12.9 Å². The number of nitrogens with zero attached hydrogens (tertiary/aromatic N) is 2. The quantitative estimate of drug-likeness (QED) is 0.376. The first-order chi connectivity index (χ1) is 12.7. The minimum absolute atomic E-state index is 0.111. The van der Waals surface area contributed by atoms with Crippen molar-refractivity contribution in [2.24, 2.45) is 0 Å². The molecule has 2 aromatic carbocycles. The van der Waals surface area contributed by atoms with Crippen molar-refractivity contribution in [1.29, 1.82) is 0 Å². The molecule has 3 aromatic rings. The number of rotatable bonds is 9. The number of ether oxygens (including phenoxy) is 1. The first-order valence-corrected chi connectivity index (χ1v) is 10.8. The zero-order chi connectivity index (χ0) is 18.2. The van der Waals surface area contributed by atoms with Gasteiger partial charge in [-0.1, -0.05) is 77.3 Å². The summed E-state index contributed by atoms with van der Waals surface area (Å²) in [7, 11) is 1.67. The zero-order valence-electron chi connectivity index (χ0n) is 14.3. The number of benzene rings is 2. The third-order valence-corrected chi connectivity index (χ3v) is 6.78. The van der Waals surface area contributed by atoms with E-state index >= 15 is 0 Å². The predicted molar refractivity (Wildman–Crippen MR) is 109 cm³/mol. The Morgan fingerprint density at radius 2 is 1.69 bits per heavy atom. The molecule has 0 fully saturated rings. The Balaban J connectivity index is 1.43. The van der Waals surface area contributed by atoms with E-state index in [0.29, 0.717) is 5.75 Å². The van der Waals surface area contributed by atoms with Gasteiger partial charge in [0.15, 0.2) is 14.5 Å². The fraction of sp³-hybridized carbons (Fsp3) is 0.211. The molecule has 3 rings (SSSR count). The van der Waals surface area contributed by atoms with Crippen LogP contribution in [0, 0.1) is 0 Å². The Hall–Kier alpha value is -1.83. The van der Waals surface area contributed by atoms with E-state index < -0.39 is 0 Å². The third kappa shape index (κ3) is 5.59. The molecule has 0 aliphatic rings. The molecule has 0 bridgehead atoms. The number of Topliss-reactive ketones (excluding diaryl/α,β-unsaturated/α-hetero) is 1. The molecular formula is C19H18N2O2S3. The van der Waals surface area contributed by atoms with Crippen LogP contribution in [-0.2, 0) is 6.42 Å². The number of carbonyl (C=O) groups excluding carboxylic acids is 1. The van der Waals surface area contributed by atoms with Crippen molar-refractivity contribution in [1.82, 2.24) is 10.2 Å². The van der Waals surface area contributed by atoms with Crippen molar-refractivity contribution >= 4 is 40.6 Å². The Kier molecular flexibility index (Phi) is 7.11. The highest BCUT2D eigenvalue weighted by molar-refractivity contribution is 8.03. The molecule has 4 nitrogen and oxygen atoms in total. The lowest BCUT2D eigenvalue weighted by atomic mass is 10.2. The average Bonchev–Trinajstić information content (AvgIpc) is 3.15. The summed E-state index contributed by atoms with van der Waals surface area (Å²) in [5, 5.41) is 8.38. The molecule has 7 heteroatoms. The number of methoxy groups -OCH3 is 1. The zero-order valence-corrected chi connectivity index (χ0v) is 16.7. The van der Waals surface area contributed by atoms with E-state index in [-0.39, 0.29) is 5.78 Å². The highest BCUT2D eigenvalue weighted by Crippen LogP contribution is 2.29. The molecule has 0 N–H and O–H groups in total. The van der Waals surface area contributed by atoms with Gasteiger partial charge >= 0.3 is 0 Å². The Morgan fingerprint density at radius 3 is 2.38 bits per heavy atom. The van der Waals surface area contributed by atoms with Gasteiger partial charge in [-0.2, -0.15) is 0 Å². The first-order valence-electron chi connectivity index (χ1n) is 8.05. The van der Waals surface area contributed by atoms with Gasteiger partial charge in [-0.15, -0.1) is 10.2 Å². The molecule has 0 atom stereocenters. The van der Waals surface area contributed by atoms with Crippen LogP contribution in [0.2, 0.25) is 0 Å². The summed E-state index contributed by atoms with van der Waals surface area (Å²) in [6.45, 7) is 0. The SMILES string of the molecule is COc1ccc(CCSc2nnc(SCC(=O)c3ccccc3)s2)cc1. The smallest absolute Gasteiger partial charge is 0.175 e. The summed E-state index contributed by atoms with van der Waals surface area (Å²) < 4.78 is 6.94. The van der Waals surface area contributed by atoms with E-state index in [9.17, 15) is 4.79 Å². The lowest BCUT2D eigenvalue weighted by molar-refractivity contribution is 0.102. The molecule has 1 heterocycles. The van der Waals surface area contributed by atoms with E-state index in [2.05, 4.69) is 22.3 Å². The van der Waals surface area contributed by atoms with Gasteiger partial charge in [0, 0.05) is 11.3 Å². The third-order valence-electron chi connectivity index (χ3n) is 3.59. The summed E-state index contributed by atoms with van der Waals surface area (Å²) in [5.41, 5.74) is 2.00. The summed E-state index contributed by atoms with van der Waals surface area (Å²) in [4.78, 5) is 12.1. The number of hydrogen-bond acceptors (Lipinski definition) is 7. The van der Waals surface area contributed by atoms with Gasteiger partial charge in [0.25, 0.3) is 0 Å². The molecule has 0 unspecified atom stereocenters. The number of aryl methyl sites for hydroxylation is 1. The van der Waals surface area contributed by atoms with Crippen LogP contribution >= 0.6 is 34.9 Å². The predicted octanol–water partition coefficient (Wildman–Crippen LogP) is 4.86. The van der Waals surface area contributed by atoms with Crippen molar-refractivity contribution in [3.05, 3.63) is 65.7 Å². The second-order valence-electron chi connectivity index (χ2n) is 5.36. The van der Waals surface area contributed by atoms with E-state index in [1.165, 1.54) is 17.3 Å². The molecule has 0 radical (unpaired) electrons. The van der Waals surface area contributed by atoms with Gasteiger partial charge in [0.1, 0.15) is 5.75 Å². The van der Waals surface area contributed by atoms with E-state index in [4.69, 9.17) is 4.74 Å². The minimum atomic E-state index is 0.111. The number of ketones is 1. The van der Waals surface area contributed by atoms with Crippen molar-refractivity contribution in [2.45, 2.75) is 15.1 Å². The Bertz CT molecular complexity index is 836. The average molecular weight is 403 g/mol. The van der Waals surface area contributed by atoms with Crippen LogP contribution in [0.25, 0.3) is 0 Å². The highest BCUT2D eigenvalue weighted by atomic mass is 32.2. The van der Waals surface area contributed by atoms with Crippen LogP contribution in [0.3, 0.4) is 0 Å². The molecule has 134 valence electrons. The molecule has 0 amide bonds. The summed E-state index contributed by atoms with van der Waals surface area (Å²) in [6.07, 6.45) is 0.962. The van der Waals surface area contributed by atoms with Gasteiger partial charge in [0.2, 0.25) is 0 Å². The molecular weight excluding hydrogens is 384 g/mol. The minimum Gasteiger partial charge on any atom is -0.497 e. The second kappa shape index (κ2) is 9.75. The fourth-order valence-electron chi connectivity index (χ4n) is 2.20. The number of carbonyl (C=O) groups is 1. The molecule has 26 heavy (non-hydrogen) atoms. The fourth-order valence-corrected chi connectivity index (χ4v) is 5.17. The highest BCUT2D eigenvalue weighted by Gasteiger charge is 2.10. The maximum Gasteiger partial charge on any atom is 0.175 e. The van der Waals surface area contributed by atoms with Crippen LogP contribution in [0.1, 0.15) is 15.9 Å². The van der Waals surface area contributed by atoms with Crippen molar-refractivity contribution in [2.75, 3.05) is 18.6 Å². The van der Waals surface area contributed by atoms with Crippen LogP contribution in [0.15, 0.2) is 63.3 Å². The summed E-state index contributed by atoms with van der Waals surface area (Å²) in [5.74, 6) is 2.31. The van der Waals surface area contributed by atoms with Crippen LogP contribution < -0.4 is 4.74 Å². The molecule has 0 saturated heterocycles. The van der Waals surface area contributed by atoms with Gasteiger partial charge in [-0.3, -0.25) is 4.79 Å². The number of hydrogen-bond donors (Lipinski definition) is 0. The standard InChI is InChI=1S/C19H18N2O2S3/c1-23-16-9-7-14(8-10-16)11-12-24-18-20-21-19(26-18)25-13-17(22)15-5-3-2-4-6-15/h2-10H,11-13H2,1H3. The maximum atomic E-state index is 12.1.